The summed E-state index contributed by atoms with van der Waals surface area (Å²) < 4.78 is 33.2. The molecule has 322 valence electrons. The minimum absolute atomic E-state index is 0.0118. The second kappa shape index (κ2) is 41.6. The van der Waals surface area contributed by atoms with E-state index in [1.165, 1.54) is 167 Å². The van der Waals surface area contributed by atoms with Crippen LogP contribution in [0.2, 0.25) is 0 Å². The lowest BCUT2D eigenvalue weighted by molar-refractivity contribution is -0.161. The molecule has 0 aromatic rings. The maximum atomic E-state index is 12.6. The van der Waals surface area contributed by atoms with Gasteiger partial charge in [0.1, 0.15) is 6.61 Å². The van der Waals surface area contributed by atoms with Gasteiger partial charge in [0.2, 0.25) is 0 Å². The number of likely N-dealkylation sites (N-methyl/N-ethyl adjacent to an activating group) is 1. The predicted molar refractivity (Wildman–Crippen MR) is 225 cm³/mol. The molecule has 0 saturated carbocycles. The summed E-state index contributed by atoms with van der Waals surface area (Å²) in [7, 11) is -2.64. The Labute approximate surface area is 333 Å². The average Bonchev–Trinajstić information content (AvgIpc) is 3.15. The number of esters is 2. The van der Waals surface area contributed by atoms with Gasteiger partial charge in [0.15, 0.2) is 6.10 Å². The van der Waals surface area contributed by atoms with Crippen molar-refractivity contribution in [3.8, 4) is 0 Å². The van der Waals surface area contributed by atoms with E-state index in [9.17, 15) is 19.0 Å². The highest BCUT2D eigenvalue weighted by Gasteiger charge is 2.26. The molecule has 9 nitrogen and oxygen atoms in total. The highest BCUT2D eigenvalue weighted by atomic mass is 31.2. The average molecular weight is 790 g/mol. The molecule has 0 rings (SSSR count). The minimum Gasteiger partial charge on any atom is -0.462 e. The van der Waals surface area contributed by atoms with Crippen molar-refractivity contribution in [3.05, 3.63) is 0 Å². The van der Waals surface area contributed by atoms with Crippen LogP contribution in [0.5, 0.6) is 0 Å². The van der Waals surface area contributed by atoms with E-state index >= 15 is 0 Å². The minimum atomic E-state index is -4.34. The number of carbonyl (C=O) groups excluding carboxylic acids is 2. The number of hydrogen-bond donors (Lipinski definition) is 2. The first-order chi connectivity index (χ1) is 26.3. The van der Waals surface area contributed by atoms with Gasteiger partial charge in [-0.3, -0.25) is 18.6 Å². The van der Waals surface area contributed by atoms with E-state index in [1.54, 1.807) is 7.05 Å². The van der Waals surface area contributed by atoms with Crippen molar-refractivity contribution in [2.75, 3.05) is 33.4 Å². The number of rotatable bonds is 44. The van der Waals surface area contributed by atoms with Gasteiger partial charge in [-0.2, -0.15) is 0 Å². The molecule has 0 saturated heterocycles. The molecular formula is C44H88NO8P. The van der Waals surface area contributed by atoms with Crippen LogP contribution in [0.1, 0.15) is 232 Å². The van der Waals surface area contributed by atoms with Gasteiger partial charge in [-0.15, -0.1) is 0 Å². The highest BCUT2D eigenvalue weighted by molar-refractivity contribution is 7.47. The van der Waals surface area contributed by atoms with Gasteiger partial charge < -0.3 is 19.7 Å². The lowest BCUT2D eigenvalue weighted by Gasteiger charge is -2.20. The van der Waals surface area contributed by atoms with Gasteiger partial charge in [0.25, 0.3) is 0 Å². The molecule has 2 atom stereocenters. The SMILES string of the molecule is CCCCCCCCCCCCCCCCCCCCCCCC(=O)OCC(COP(=O)(O)OCCNC)OC(=O)CCCCCCCCCCCCC. The fourth-order valence-corrected chi connectivity index (χ4v) is 7.48. The number of phosphoric acid groups is 1. The Kier molecular flexibility index (Phi) is 40.9. The second-order valence-electron chi connectivity index (χ2n) is 15.6. The van der Waals surface area contributed by atoms with Gasteiger partial charge in [-0.1, -0.05) is 206 Å². The van der Waals surface area contributed by atoms with Crippen LogP contribution in [0.3, 0.4) is 0 Å². The molecule has 0 aliphatic rings. The Hall–Kier alpha value is -0.990. The van der Waals surface area contributed by atoms with Crippen LogP contribution in [-0.2, 0) is 32.7 Å². The van der Waals surface area contributed by atoms with Gasteiger partial charge in [0.05, 0.1) is 13.2 Å². The van der Waals surface area contributed by atoms with Gasteiger partial charge in [-0.05, 0) is 19.9 Å². The van der Waals surface area contributed by atoms with Crippen LogP contribution in [0, 0.1) is 0 Å². The molecule has 0 aliphatic carbocycles. The van der Waals surface area contributed by atoms with E-state index in [0.29, 0.717) is 19.4 Å². The first-order valence-corrected chi connectivity index (χ1v) is 24.5. The van der Waals surface area contributed by atoms with Crippen LogP contribution in [-0.4, -0.2) is 56.3 Å². The molecule has 2 N–H and O–H groups in total. The van der Waals surface area contributed by atoms with Crippen molar-refractivity contribution < 1.29 is 37.6 Å². The summed E-state index contributed by atoms with van der Waals surface area (Å²) >= 11 is 0. The van der Waals surface area contributed by atoms with Crippen LogP contribution >= 0.6 is 7.82 Å². The summed E-state index contributed by atoms with van der Waals surface area (Å²) in [6.45, 7) is 4.26. The smallest absolute Gasteiger partial charge is 0.462 e. The van der Waals surface area contributed by atoms with E-state index < -0.39 is 26.5 Å². The van der Waals surface area contributed by atoms with Crippen molar-refractivity contribution >= 4 is 19.8 Å². The Balaban J connectivity index is 4.04. The zero-order valence-corrected chi connectivity index (χ0v) is 36.6. The van der Waals surface area contributed by atoms with Crippen molar-refractivity contribution in [1.82, 2.24) is 5.32 Å². The molecule has 0 fully saturated rings. The summed E-state index contributed by atoms with van der Waals surface area (Å²) in [6, 6.07) is 0. The molecule has 0 aliphatic heterocycles. The standard InChI is InChI=1S/C44H88NO8P/c1-4-6-8-10-12-14-16-17-18-19-20-21-22-23-24-25-27-28-30-32-34-36-43(46)50-40-42(41-52-54(48,49)51-39-38-45-3)53-44(47)37-35-33-31-29-26-15-13-11-9-7-5-2/h42,45H,4-41H2,1-3H3,(H,48,49). The fraction of sp³-hybridized carbons (Fsp3) is 0.955. The molecule has 0 spiro atoms. The van der Waals surface area contributed by atoms with Crippen molar-refractivity contribution in [2.24, 2.45) is 0 Å². The molecule has 54 heavy (non-hydrogen) atoms. The lowest BCUT2D eigenvalue weighted by Crippen LogP contribution is -2.29. The number of ether oxygens (including phenoxy) is 2. The number of nitrogens with one attached hydrogen (secondary N) is 1. The molecule has 0 radical (unpaired) electrons. The topological polar surface area (TPSA) is 120 Å². The molecule has 10 heteroatoms. The third-order valence-electron chi connectivity index (χ3n) is 10.2. The Morgan fingerprint density at radius 1 is 0.500 bits per heavy atom. The van der Waals surface area contributed by atoms with E-state index in [1.807, 2.05) is 0 Å². The molecule has 0 heterocycles. The Bertz CT molecular complexity index is 860. The Morgan fingerprint density at radius 3 is 1.19 bits per heavy atom. The molecule has 0 aromatic heterocycles. The number of carbonyl (C=O) groups is 2. The van der Waals surface area contributed by atoms with Gasteiger partial charge in [0, 0.05) is 19.4 Å². The van der Waals surface area contributed by atoms with E-state index in [4.69, 9.17) is 18.5 Å². The van der Waals surface area contributed by atoms with Crippen LogP contribution in [0.25, 0.3) is 0 Å². The summed E-state index contributed by atoms with van der Waals surface area (Å²) in [5, 5.41) is 2.83. The third-order valence-corrected chi connectivity index (χ3v) is 11.2. The highest BCUT2D eigenvalue weighted by Crippen LogP contribution is 2.43. The van der Waals surface area contributed by atoms with Gasteiger partial charge in [-0.25, -0.2) is 4.57 Å². The number of hydrogen-bond acceptors (Lipinski definition) is 8. The Morgan fingerprint density at radius 2 is 0.833 bits per heavy atom. The van der Waals surface area contributed by atoms with E-state index in [2.05, 4.69) is 19.2 Å². The molecular weight excluding hydrogens is 701 g/mol. The van der Waals surface area contributed by atoms with Crippen LogP contribution < -0.4 is 5.32 Å². The first-order valence-electron chi connectivity index (χ1n) is 23.0. The molecule has 0 bridgehead atoms. The third kappa shape index (κ3) is 40.7. The number of phosphoric ester groups is 1. The number of unbranched alkanes of at least 4 members (excludes halogenated alkanes) is 30. The quantitative estimate of drug-likeness (QED) is 0.0353. The van der Waals surface area contributed by atoms with Crippen molar-refractivity contribution in [3.63, 3.8) is 0 Å². The summed E-state index contributed by atoms with van der Waals surface area (Å²) in [6.07, 6.45) is 40.1. The second-order valence-corrected chi connectivity index (χ2v) is 17.1. The predicted octanol–water partition coefficient (Wildman–Crippen LogP) is 13.1. The summed E-state index contributed by atoms with van der Waals surface area (Å²) in [5.41, 5.74) is 0. The zero-order valence-electron chi connectivity index (χ0n) is 35.7. The van der Waals surface area contributed by atoms with E-state index in [-0.39, 0.29) is 25.6 Å². The molecule has 0 aromatic carbocycles. The van der Waals surface area contributed by atoms with E-state index in [0.717, 1.165) is 32.1 Å². The monoisotopic (exact) mass is 790 g/mol. The maximum absolute atomic E-state index is 12.6. The fourth-order valence-electron chi connectivity index (χ4n) is 6.73. The van der Waals surface area contributed by atoms with Crippen molar-refractivity contribution in [1.29, 1.82) is 0 Å². The summed E-state index contributed by atoms with van der Waals surface area (Å²) in [5.74, 6) is -0.791. The van der Waals surface area contributed by atoms with Gasteiger partial charge >= 0.3 is 19.8 Å². The normalized spacial score (nSPS) is 13.2. The zero-order chi connectivity index (χ0) is 39.6. The lowest BCUT2D eigenvalue weighted by atomic mass is 10.0. The molecule has 2 unspecified atom stereocenters. The molecule has 0 amide bonds. The van der Waals surface area contributed by atoms with Crippen molar-refractivity contribution in [2.45, 2.75) is 238 Å². The maximum Gasteiger partial charge on any atom is 0.472 e. The van der Waals surface area contributed by atoms with Crippen LogP contribution in [0.4, 0.5) is 0 Å². The largest absolute Gasteiger partial charge is 0.472 e. The first kappa shape index (κ1) is 53.0. The van der Waals surface area contributed by atoms with Crippen LogP contribution in [0.15, 0.2) is 0 Å². The summed E-state index contributed by atoms with van der Waals surface area (Å²) in [4.78, 5) is 35.0.